The summed E-state index contributed by atoms with van der Waals surface area (Å²) in [4.78, 5) is 16.7. The third-order valence-corrected chi connectivity index (χ3v) is 5.42. The molecule has 0 aliphatic carbocycles. The first kappa shape index (κ1) is 17.3. The fraction of sp³-hybridized carbons (Fsp3) is 0.529. The molecule has 1 aromatic heterocycles. The van der Waals surface area contributed by atoms with Crippen LogP contribution in [0.2, 0.25) is 0 Å². The van der Waals surface area contributed by atoms with Gasteiger partial charge in [-0.25, -0.2) is 4.98 Å². The number of nitrogens with zero attached hydrogens (tertiary/aromatic N) is 1. The van der Waals surface area contributed by atoms with Crippen molar-refractivity contribution in [3.05, 3.63) is 18.2 Å². The van der Waals surface area contributed by atoms with Crippen LogP contribution in [0.3, 0.4) is 0 Å². The van der Waals surface area contributed by atoms with Crippen LogP contribution in [0.5, 0.6) is 0 Å². The Kier molecular flexibility index (Phi) is 5.50. The van der Waals surface area contributed by atoms with Gasteiger partial charge in [0.1, 0.15) is 0 Å². The number of benzene rings is 1. The summed E-state index contributed by atoms with van der Waals surface area (Å²) >= 11 is 3.52. The Morgan fingerprint density at radius 3 is 2.73 bits per heavy atom. The first-order valence-corrected chi connectivity index (χ1v) is 9.41. The number of hydrogen-bond donors (Lipinski definition) is 1. The summed E-state index contributed by atoms with van der Waals surface area (Å²) < 4.78 is 2.23. The first-order chi connectivity index (χ1) is 10.3. The van der Waals surface area contributed by atoms with Gasteiger partial charge in [0.05, 0.1) is 10.2 Å². The maximum absolute atomic E-state index is 12.1. The molecule has 3 nitrogen and oxygen atoms in total. The van der Waals surface area contributed by atoms with Gasteiger partial charge in [-0.1, -0.05) is 46.4 Å². The van der Waals surface area contributed by atoms with Crippen molar-refractivity contribution < 1.29 is 4.79 Å². The monoisotopic (exact) mass is 336 g/mol. The van der Waals surface area contributed by atoms with Crippen LogP contribution < -0.4 is 5.32 Å². The predicted molar refractivity (Wildman–Crippen MR) is 97.9 cm³/mol. The molecule has 0 bridgehead atoms. The molecular formula is C17H24N2OS2. The minimum Gasteiger partial charge on any atom is -0.326 e. The van der Waals surface area contributed by atoms with Crippen molar-refractivity contribution in [2.45, 2.75) is 45.4 Å². The summed E-state index contributed by atoms with van der Waals surface area (Å²) in [7, 11) is 0. The molecule has 22 heavy (non-hydrogen) atoms. The van der Waals surface area contributed by atoms with Gasteiger partial charge in [0, 0.05) is 16.9 Å². The first-order valence-electron chi connectivity index (χ1n) is 7.60. The summed E-state index contributed by atoms with van der Waals surface area (Å²) in [6, 6.07) is 5.92. The second-order valence-electron chi connectivity index (χ2n) is 6.90. The van der Waals surface area contributed by atoms with E-state index in [9.17, 15) is 4.79 Å². The summed E-state index contributed by atoms with van der Waals surface area (Å²) in [6.07, 6.45) is 1.20. The van der Waals surface area contributed by atoms with Crippen LogP contribution in [0.25, 0.3) is 10.2 Å². The lowest BCUT2D eigenvalue weighted by Gasteiger charge is -2.17. The summed E-state index contributed by atoms with van der Waals surface area (Å²) in [5.74, 6) is 1.86. The molecule has 0 spiro atoms. The molecule has 2 aromatic rings. The summed E-state index contributed by atoms with van der Waals surface area (Å²) in [6.45, 7) is 10.2. The fourth-order valence-electron chi connectivity index (χ4n) is 1.74. The summed E-state index contributed by atoms with van der Waals surface area (Å²) in [5.41, 5.74) is 1.46. The van der Waals surface area contributed by atoms with Gasteiger partial charge in [0.15, 0.2) is 4.34 Å². The Hall–Kier alpha value is -1.07. The van der Waals surface area contributed by atoms with Crippen LogP contribution in [0.15, 0.2) is 22.5 Å². The molecule has 0 aliphatic heterocycles. The molecule has 120 valence electrons. The molecule has 0 atom stereocenters. The van der Waals surface area contributed by atoms with Gasteiger partial charge in [-0.05, 0) is 30.5 Å². The number of anilines is 1. The minimum absolute atomic E-state index is 0.0305. The van der Waals surface area contributed by atoms with E-state index in [-0.39, 0.29) is 11.3 Å². The van der Waals surface area contributed by atoms with Gasteiger partial charge < -0.3 is 5.32 Å². The lowest BCUT2D eigenvalue weighted by atomic mass is 9.95. The molecule has 0 saturated carbocycles. The average Bonchev–Trinajstić information content (AvgIpc) is 2.79. The molecule has 1 N–H and O–H groups in total. The molecule has 0 radical (unpaired) electrons. The number of carbonyl (C=O) groups is 1. The zero-order valence-electron chi connectivity index (χ0n) is 13.9. The van der Waals surface area contributed by atoms with Crippen LogP contribution in [0.1, 0.15) is 41.0 Å². The zero-order valence-corrected chi connectivity index (χ0v) is 15.5. The Balaban J connectivity index is 2.09. The fourth-order valence-corrected chi connectivity index (χ4v) is 4.16. The van der Waals surface area contributed by atoms with E-state index in [1.165, 1.54) is 6.42 Å². The maximum Gasteiger partial charge on any atom is 0.229 e. The minimum atomic E-state index is -0.388. The standard InChI is InChI=1S/C17H24N2OS2/c1-11(2)8-9-21-16-19-13-7-6-12(10-14(13)22-16)18-15(20)17(3,4)5/h6-7,10-11H,8-9H2,1-5H3,(H,18,20). The second kappa shape index (κ2) is 7.01. The van der Waals surface area contributed by atoms with Crippen molar-refractivity contribution in [1.82, 2.24) is 4.98 Å². The molecule has 0 fully saturated rings. The quantitative estimate of drug-likeness (QED) is 0.741. The molecule has 1 aromatic carbocycles. The van der Waals surface area contributed by atoms with E-state index in [0.717, 1.165) is 31.9 Å². The smallest absolute Gasteiger partial charge is 0.229 e. The molecule has 1 heterocycles. The third-order valence-electron chi connectivity index (χ3n) is 3.23. The molecule has 0 aliphatic rings. The molecule has 1 amide bonds. The molecule has 5 heteroatoms. The maximum atomic E-state index is 12.1. The van der Waals surface area contributed by atoms with Crippen molar-refractivity contribution in [2.24, 2.45) is 11.3 Å². The Bertz CT molecular complexity index is 656. The third kappa shape index (κ3) is 4.71. The Labute approximate surface area is 140 Å². The van der Waals surface area contributed by atoms with E-state index < -0.39 is 0 Å². The number of thiazole rings is 1. The van der Waals surface area contributed by atoms with Crippen LogP contribution in [-0.2, 0) is 4.79 Å². The van der Waals surface area contributed by atoms with E-state index in [1.54, 1.807) is 11.3 Å². The number of fused-ring (bicyclic) bond motifs is 1. The highest BCUT2D eigenvalue weighted by atomic mass is 32.2. The largest absolute Gasteiger partial charge is 0.326 e. The summed E-state index contributed by atoms with van der Waals surface area (Å²) in [5, 5.41) is 2.97. The van der Waals surface area contributed by atoms with Gasteiger partial charge in [0.25, 0.3) is 0 Å². The van der Waals surface area contributed by atoms with Crippen molar-refractivity contribution in [1.29, 1.82) is 0 Å². The molecule has 0 unspecified atom stereocenters. The topological polar surface area (TPSA) is 42.0 Å². The van der Waals surface area contributed by atoms with Gasteiger partial charge >= 0.3 is 0 Å². The predicted octanol–water partition coefficient (Wildman–Crippen LogP) is 5.42. The SMILES string of the molecule is CC(C)CCSc1nc2ccc(NC(=O)C(C)(C)C)cc2s1. The Morgan fingerprint density at radius 2 is 2.09 bits per heavy atom. The van der Waals surface area contributed by atoms with Gasteiger partial charge in [-0.15, -0.1) is 11.3 Å². The number of hydrogen-bond acceptors (Lipinski definition) is 4. The lowest BCUT2D eigenvalue weighted by molar-refractivity contribution is -0.123. The van der Waals surface area contributed by atoms with Crippen LogP contribution in [0.4, 0.5) is 5.69 Å². The average molecular weight is 337 g/mol. The van der Waals surface area contributed by atoms with E-state index in [1.807, 2.05) is 50.7 Å². The molecular weight excluding hydrogens is 312 g/mol. The van der Waals surface area contributed by atoms with Gasteiger partial charge in [-0.3, -0.25) is 4.79 Å². The van der Waals surface area contributed by atoms with Crippen molar-refractivity contribution in [3.8, 4) is 0 Å². The zero-order chi connectivity index (χ0) is 16.3. The van der Waals surface area contributed by atoms with Crippen molar-refractivity contribution in [2.75, 3.05) is 11.1 Å². The molecule has 2 rings (SSSR count). The number of nitrogens with one attached hydrogen (secondary N) is 1. The highest BCUT2D eigenvalue weighted by Crippen LogP contribution is 2.32. The number of aromatic nitrogens is 1. The Morgan fingerprint density at radius 1 is 1.36 bits per heavy atom. The van der Waals surface area contributed by atoms with E-state index in [0.29, 0.717) is 0 Å². The van der Waals surface area contributed by atoms with Crippen molar-refractivity contribution >= 4 is 44.9 Å². The highest BCUT2D eigenvalue weighted by molar-refractivity contribution is 8.01. The van der Waals surface area contributed by atoms with Gasteiger partial charge in [0.2, 0.25) is 5.91 Å². The van der Waals surface area contributed by atoms with Crippen molar-refractivity contribution in [3.63, 3.8) is 0 Å². The van der Waals surface area contributed by atoms with Crippen LogP contribution >= 0.6 is 23.1 Å². The van der Waals surface area contributed by atoms with E-state index in [2.05, 4.69) is 24.1 Å². The second-order valence-corrected chi connectivity index (χ2v) is 9.27. The van der Waals surface area contributed by atoms with E-state index >= 15 is 0 Å². The lowest BCUT2D eigenvalue weighted by Crippen LogP contribution is -2.27. The van der Waals surface area contributed by atoms with Gasteiger partial charge in [-0.2, -0.15) is 0 Å². The van der Waals surface area contributed by atoms with E-state index in [4.69, 9.17) is 0 Å². The van der Waals surface area contributed by atoms with Crippen LogP contribution in [0, 0.1) is 11.3 Å². The number of rotatable bonds is 5. The number of thioether (sulfide) groups is 1. The molecule has 0 saturated heterocycles. The highest BCUT2D eigenvalue weighted by Gasteiger charge is 2.21. The normalized spacial score (nSPS) is 12.1. The van der Waals surface area contributed by atoms with Crippen LogP contribution in [-0.4, -0.2) is 16.6 Å². The number of carbonyl (C=O) groups excluding carboxylic acids is 1. The number of amides is 1.